The van der Waals surface area contributed by atoms with Crippen molar-refractivity contribution < 1.29 is 14.6 Å². The monoisotopic (exact) mass is 158 g/mol. The molecule has 0 atom stereocenters. The summed E-state index contributed by atoms with van der Waals surface area (Å²) in [5, 5.41) is 8.57. The molecule has 0 rings (SSSR count). The van der Waals surface area contributed by atoms with E-state index < -0.39 is 5.97 Å². The maximum atomic E-state index is 10.4. The molecule has 0 aliphatic rings. The number of hydrogen-bond acceptors (Lipinski definition) is 2. The van der Waals surface area contributed by atoms with Gasteiger partial charge in [0.1, 0.15) is 5.76 Å². The number of ether oxygens (including phenoxy) is 1. The fraction of sp³-hybridized carbons (Fsp3) is 0.625. The number of carbonyl (C=O) groups is 1. The van der Waals surface area contributed by atoms with Crippen molar-refractivity contribution in [2.75, 3.05) is 6.61 Å². The van der Waals surface area contributed by atoms with E-state index in [1.165, 1.54) is 0 Å². The first kappa shape index (κ1) is 10.0. The van der Waals surface area contributed by atoms with Gasteiger partial charge in [-0.05, 0) is 13.8 Å². The number of aliphatic carboxylic acids is 1. The SMILES string of the molecule is CCO/C(CC)=C(\C)C(=O)O. The summed E-state index contributed by atoms with van der Waals surface area (Å²) in [6.07, 6.45) is 0.631. The molecule has 0 spiro atoms. The van der Waals surface area contributed by atoms with Gasteiger partial charge in [-0.3, -0.25) is 0 Å². The van der Waals surface area contributed by atoms with Crippen LogP contribution in [0.2, 0.25) is 0 Å². The average Bonchev–Trinajstić information content (AvgIpc) is 1.98. The third-order valence-electron chi connectivity index (χ3n) is 1.38. The van der Waals surface area contributed by atoms with Gasteiger partial charge in [0.15, 0.2) is 0 Å². The summed E-state index contributed by atoms with van der Waals surface area (Å²) in [6.45, 7) is 5.78. The lowest BCUT2D eigenvalue weighted by Crippen LogP contribution is -2.03. The smallest absolute Gasteiger partial charge is 0.334 e. The van der Waals surface area contributed by atoms with Gasteiger partial charge in [0, 0.05) is 6.42 Å². The first-order valence-corrected chi connectivity index (χ1v) is 3.69. The molecule has 1 N–H and O–H groups in total. The Morgan fingerprint density at radius 2 is 2.00 bits per heavy atom. The second-order valence-electron chi connectivity index (χ2n) is 2.14. The molecule has 3 nitrogen and oxygen atoms in total. The zero-order valence-corrected chi connectivity index (χ0v) is 7.18. The fourth-order valence-corrected chi connectivity index (χ4v) is 0.769. The van der Waals surface area contributed by atoms with Crippen LogP contribution in [0.4, 0.5) is 0 Å². The molecular formula is C8H14O3. The van der Waals surface area contributed by atoms with Crippen LogP contribution in [0.25, 0.3) is 0 Å². The predicted molar refractivity (Wildman–Crippen MR) is 42.3 cm³/mol. The Morgan fingerprint density at radius 1 is 1.45 bits per heavy atom. The van der Waals surface area contributed by atoms with E-state index in [-0.39, 0.29) is 0 Å². The van der Waals surface area contributed by atoms with Gasteiger partial charge >= 0.3 is 5.97 Å². The highest BCUT2D eigenvalue weighted by molar-refractivity contribution is 5.86. The van der Waals surface area contributed by atoms with Crippen molar-refractivity contribution in [2.24, 2.45) is 0 Å². The molecule has 0 aromatic heterocycles. The minimum Gasteiger partial charge on any atom is -0.498 e. The van der Waals surface area contributed by atoms with Crippen LogP contribution >= 0.6 is 0 Å². The second kappa shape index (κ2) is 4.77. The lowest BCUT2D eigenvalue weighted by Gasteiger charge is -2.07. The Bertz CT molecular complexity index is 170. The number of allylic oxidation sites excluding steroid dienone is 1. The molecule has 0 saturated heterocycles. The van der Waals surface area contributed by atoms with Crippen LogP contribution in [0.1, 0.15) is 27.2 Å². The highest BCUT2D eigenvalue weighted by Crippen LogP contribution is 2.09. The molecule has 3 heteroatoms. The first-order valence-electron chi connectivity index (χ1n) is 3.69. The fourth-order valence-electron chi connectivity index (χ4n) is 0.769. The molecule has 0 amide bonds. The van der Waals surface area contributed by atoms with Crippen LogP contribution < -0.4 is 0 Å². The van der Waals surface area contributed by atoms with Crippen molar-refractivity contribution in [2.45, 2.75) is 27.2 Å². The number of carboxylic acid groups (broad SMARTS) is 1. The summed E-state index contributed by atoms with van der Waals surface area (Å²) >= 11 is 0. The normalized spacial score (nSPS) is 12.3. The van der Waals surface area contributed by atoms with Crippen LogP contribution in [0.5, 0.6) is 0 Å². The number of rotatable bonds is 4. The molecule has 0 aliphatic carbocycles. The summed E-state index contributed by atoms with van der Waals surface area (Å²) in [5.41, 5.74) is 0.300. The van der Waals surface area contributed by atoms with Gasteiger partial charge in [-0.25, -0.2) is 4.79 Å². The first-order chi connectivity index (χ1) is 5.13. The van der Waals surface area contributed by atoms with E-state index in [1.54, 1.807) is 6.92 Å². The van der Waals surface area contributed by atoms with Gasteiger partial charge in [0.2, 0.25) is 0 Å². The molecule has 0 unspecified atom stereocenters. The third-order valence-corrected chi connectivity index (χ3v) is 1.38. The van der Waals surface area contributed by atoms with Gasteiger partial charge in [0.25, 0.3) is 0 Å². The highest BCUT2D eigenvalue weighted by atomic mass is 16.5. The van der Waals surface area contributed by atoms with Gasteiger partial charge in [-0.1, -0.05) is 6.92 Å². The quantitative estimate of drug-likeness (QED) is 0.501. The molecule has 0 radical (unpaired) electrons. The van der Waals surface area contributed by atoms with Crippen LogP contribution in [-0.2, 0) is 9.53 Å². The molecular weight excluding hydrogens is 144 g/mol. The maximum absolute atomic E-state index is 10.4. The summed E-state index contributed by atoms with van der Waals surface area (Å²) in [6, 6.07) is 0. The molecule has 0 saturated carbocycles. The largest absolute Gasteiger partial charge is 0.498 e. The maximum Gasteiger partial charge on any atom is 0.334 e. The van der Waals surface area contributed by atoms with Crippen molar-refractivity contribution in [1.82, 2.24) is 0 Å². The van der Waals surface area contributed by atoms with Crippen molar-refractivity contribution in [3.63, 3.8) is 0 Å². The average molecular weight is 158 g/mol. The second-order valence-corrected chi connectivity index (χ2v) is 2.14. The van der Waals surface area contributed by atoms with Crippen LogP contribution in [0.15, 0.2) is 11.3 Å². The minimum absolute atomic E-state index is 0.300. The Kier molecular flexibility index (Phi) is 4.34. The zero-order chi connectivity index (χ0) is 8.85. The molecule has 11 heavy (non-hydrogen) atoms. The van der Waals surface area contributed by atoms with Gasteiger partial charge < -0.3 is 9.84 Å². The van der Waals surface area contributed by atoms with Gasteiger partial charge in [-0.2, -0.15) is 0 Å². The van der Waals surface area contributed by atoms with E-state index in [2.05, 4.69) is 0 Å². The number of carboxylic acids is 1. The molecule has 64 valence electrons. The summed E-state index contributed by atoms with van der Waals surface area (Å²) < 4.78 is 5.11. The van der Waals surface area contributed by atoms with E-state index in [1.807, 2.05) is 13.8 Å². The topological polar surface area (TPSA) is 46.5 Å². The Labute approximate surface area is 66.7 Å². The lowest BCUT2D eigenvalue weighted by atomic mass is 10.2. The van der Waals surface area contributed by atoms with E-state index in [0.717, 1.165) is 0 Å². The zero-order valence-electron chi connectivity index (χ0n) is 7.18. The summed E-state index contributed by atoms with van der Waals surface area (Å²) in [7, 11) is 0. The summed E-state index contributed by atoms with van der Waals surface area (Å²) in [5.74, 6) is -0.338. The minimum atomic E-state index is -0.907. The van der Waals surface area contributed by atoms with Crippen LogP contribution in [0.3, 0.4) is 0 Å². The van der Waals surface area contributed by atoms with Crippen molar-refractivity contribution in [3.8, 4) is 0 Å². The van der Waals surface area contributed by atoms with Gasteiger partial charge in [-0.15, -0.1) is 0 Å². The molecule has 0 heterocycles. The summed E-state index contributed by atoms with van der Waals surface area (Å²) in [4.78, 5) is 10.4. The number of hydrogen-bond donors (Lipinski definition) is 1. The van der Waals surface area contributed by atoms with E-state index in [9.17, 15) is 4.79 Å². The molecule has 0 aliphatic heterocycles. The van der Waals surface area contributed by atoms with Gasteiger partial charge in [0.05, 0.1) is 12.2 Å². The van der Waals surface area contributed by atoms with E-state index >= 15 is 0 Å². The Hall–Kier alpha value is -0.990. The van der Waals surface area contributed by atoms with Crippen molar-refractivity contribution in [3.05, 3.63) is 11.3 Å². The molecule has 0 bridgehead atoms. The Balaban J connectivity index is 4.39. The lowest BCUT2D eigenvalue weighted by molar-refractivity contribution is -0.132. The Morgan fingerprint density at radius 3 is 2.27 bits per heavy atom. The van der Waals surface area contributed by atoms with E-state index in [0.29, 0.717) is 24.4 Å². The highest BCUT2D eigenvalue weighted by Gasteiger charge is 2.07. The molecule has 0 aromatic rings. The molecule has 0 aromatic carbocycles. The predicted octanol–water partition coefficient (Wildman–Crippen LogP) is 1.79. The standard InChI is InChI=1S/C8H14O3/c1-4-7(11-5-2)6(3)8(9)10/h4-5H2,1-3H3,(H,9,10)/b7-6+. The van der Waals surface area contributed by atoms with Crippen molar-refractivity contribution >= 4 is 5.97 Å². The van der Waals surface area contributed by atoms with E-state index in [4.69, 9.17) is 9.84 Å². The van der Waals surface area contributed by atoms with Crippen LogP contribution in [-0.4, -0.2) is 17.7 Å². The molecule has 0 fully saturated rings. The van der Waals surface area contributed by atoms with Crippen LogP contribution in [0, 0.1) is 0 Å². The third kappa shape index (κ3) is 3.07. The van der Waals surface area contributed by atoms with Crippen molar-refractivity contribution in [1.29, 1.82) is 0 Å².